The number of nitrogens with two attached hydrogens (primary N) is 1. The summed E-state index contributed by atoms with van der Waals surface area (Å²) >= 11 is 1.67. The zero-order valence-corrected chi connectivity index (χ0v) is 10.7. The fourth-order valence-electron chi connectivity index (χ4n) is 2.07. The van der Waals surface area contributed by atoms with E-state index in [0.29, 0.717) is 6.54 Å². The van der Waals surface area contributed by atoms with Crippen LogP contribution < -0.4 is 10.6 Å². The predicted molar refractivity (Wildman–Crippen MR) is 66.9 cm³/mol. The van der Waals surface area contributed by atoms with Crippen LogP contribution in [0.2, 0.25) is 0 Å². The van der Waals surface area contributed by atoms with Gasteiger partial charge in [-0.3, -0.25) is 0 Å². The summed E-state index contributed by atoms with van der Waals surface area (Å²) in [5.74, 6) is 0. The van der Waals surface area contributed by atoms with Gasteiger partial charge in [-0.05, 0) is 19.8 Å². The second-order valence-corrected chi connectivity index (χ2v) is 5.34. The van der Waals surface area contributed by atoms with Crippen molar-refractivity contribution in [3.8, 4) is 0 Å². The highest BCUT2D eigenvalue weighted by Crippen LogP contribution is 2.29. The molecule has 1 aliphatic heterocycles. The summed E-state index contributed by atoms with van der Waals surface area (Å²) in [5.41, 5.74) is 6.51. The molecule has 1 saturated heterocycles. The molecule has 0 aromatic carbocycles. The third-order valence-electron chi connectivity index (χ3n) is 3.17. The fraction of sp³-hybridized carbons (Fsp3) is 0.727. The third kappa shape index (κ3) is 2.36. The van der Waals surface area contributed by atoms with Crippen LogP contribution >= 0.6 is 11.3 Å². The van der Waals surface area contributed by atoms with E-state index < -0.39 is 0 Å². The Labute approximate surface area is 100 Å². The highest BCUT2D eigenvalue weighted by atomic mass is 32.1. The number of methoxy groups -OCH3 is 1. The van der Waals surface area contributed by atoms with Crippen molar-refractivity contribution in [2.24, 2.45) is 5.73 Å². The Hall–Kier alpha value is -0.650. The smallest absolute Gasteiger partial charge is 0.185 e. The minimum Gasteiger partial charge on any atom is -0.377 e. The van der Waals surface area contributed by atoms with Gasteiger partial charge in [-0.2, -0.15) is 0 Å². The fourth-order valence-corrected chi connectivity index (χ4v) is 2.94. The van der Waals surface area contributed by atoms with Gasteiger partial charge in [0, 0.05) is 32.1 Å². The molecule has 1 aromatic heterocycles. The van der Waals surface area contributed by atoms with E-state index in [1.54, 1.807) is 18.4 Å². The first kappa shape index (κ1) is 11.8. The van der Waals surface area contributed by atoms with Gasteiger partial charge in [-0.1, -0.05) is 0 Å². The summed E-state index contributed by atoms with van der Waals surface area (Å²) < 4.78 is 5.57. The SMILES string of the molecule is COC1(C)CCCN(c2nc(CN)cs2)C1. The van der Waals surface area contributed by atoms with E-state index in [1.165, 1.54) is 0 Å². The summed E-state index contributed by atoms with van der Waals surface area (Å²) in [6.07, 6.45) is 2.27. The van der Waals surface area contributed by atoms with Crippen LogP contribution in [0.15, 0.2) is 5.38 Å². The number of rotatable bonds is 3. The minimum absolute atomic E-state index is 0.0349. The van der Waals surface area contributed by atoms with Crippen molar-refractivity contribution >= 4 is 16.5 Å². The molecule has 2 N–H and O–H groups in total. The molecule has 90 valence electrons. The van der Waals surface area contributed by atoms with E-state index in [0.717, 1.165) is 36.8 Å². The number of thiazole rings is 1. The van der Waals surface area contributed by atoms with Crippen molar-refractivity contribution in [2.45, 2.75) is 31.9 Å². The molecule has 1 unspecified atom stereocenters. The van der Waals surface area contributed by atoms with Gasteiger partial charge in [0.15, 0.2) is 5.13 Å². The summed E-state index contributed by atoms with van der Waals surface area (Å²) in [6.45, 7) is 4.67. The van der Waals surface area contributed by atoms with Gasteiger partial charge < -0.3 is 15.4 Å². The average molecular weight is 241 g/mol. The molecule has 1 atom stereocenters. The molecule has 0 aliphatic carbocycles. The Balaban J connectivity index is 2.09. The van der Waals surface area contributed by atoms with Crippen LogP contribution in [0.4, 0.5) is 5.13 Å². The molecule has 0 amide bonds. The minimum atomic E-state index is -0.0349. The Morgan fingerprint density at radius 3 is 3.12 bits per heavy atom. The maximum Gasteiger partial charge on any atom is 0.185 e. The zero-order chi connectivity index (χ0) is 11.6. The van der Waals surface area contributed by atoms with Crippen molar-refractivity contribution in [1.29, 1.82) is 0 Å². The van der Waals surface area contributed by atoms with Crippen molar-refractivity contribution < 1.29 is 4.74 Å². The van der Waals surface area contributed by atoms with Gasteiger partial charge in [-0.25, -0.2) is 4.98 Å². The van der Waals surface area contributed by atoms with Crippen molar-refractivity contribution in [3.63, 3.8) is 0 Å². The van der Waals surface area contributed by atoms with E-state index in [1.807, 2.05) is 5.38 Å². The molecule has 2 rings (SSSR count). The number of piperidine rings is 1. The van der Waals surface area contributed by atoms with Crippen LogP contribution in [0.5, 0.6) is 0 Å². The summed E-state index contributed by atoms with van der Waals surface area (Å²) in [7, 11) is 1.79. The average Bonchev–Trinajstić information content (AvgIpc) is 2.78. The first-order valence-corrected chi connectivity index (χ1v) is 6.49. The van der Waals surface area contributed by atoms with E-state index in [-0.39, 0.29) is 5.60 Å². The molecule has 4 nitrogen and oxygen atoms in total. The number of anilines is 1. The second-order valence-electron chi connectivity index (χ2n) is 4.50. The normalized spacial score (nSPS) is 26.1. The molecule has 1 aliphatic rings. The molecule has 0 spiro atoms. The molecular formula is C11H19N3OS. The van der Waals surface area contributed by atoms with Crippen molar-refractivity contribution in [1.82, 2.24) is 4.98 Å². The summed E-state index contributed by atoms with van der Waals surface area (Å²) in [5, 5.41) is 3.11. The topological polar surface area (TPSA) is 51.4 Å². The largest absolute Gasteiger partial charge is 0.377 e. The maximum atomic E-state index is 5.57. The standard InChI is InChI=1S/C11H19N3OS/c1-11(15-2)4-3-5-14(8-11)10-13-9(6-12)7-16-10/h7H,3-6,8,12H2,1-2H3. The van der Waals surface area contributed by atoms with E-state index in [9.17, 15) is 0 Å². The van der Waals surface area contributed by atoms with Crippen LogP contribution in [0.3, 0.4) is 0 Å². The lowest BCUT2D eigenvalue weighted by Gasteiger charge is -2.39. The lowest BCUT2D eigenvalue weighted by molar-refractivity contribution is -0.00466. The Morgan fingerprint density at radius 2 is 2.50 bits per heavy atom. The lowest BCUT2D eigenvalue weighted by atomic mass is 9.95. The first-order chi connectivity index (χ1) is 7.67. The third-order valence-corrected chi connectivity index (χ3v) is 4.12. The van der Waals surface area contributed by atoms with E-state index in [2.05, 4.69) is 16.8 Å². The Kier molecular flexibility index (Phi) is 3.47. The second kappa shape index (κ2) is 4.69. The lowest BCUT2D eigenvalue weighted by Crippen LogP contribution is -2.47. The Bertz CT molecular complexity index is 355. The van der Waals surface area contributed by atoms with Gasteiger partial charge in [0.1, 0.15) is 0 Å². The number of hydrogen-bond acceptors (Lipinski definition) is 5. The molecular weight excluding hydrogens is 222 g/mol. The van der Waals surface area contributed by atoms with Gasteiger partial charge in [0.05, 0.1) is 11.3 Å². The van der Waals surface area contributed by atoms with Crippen LogP contribution in [0, 0.1) is 0 Å². The highest BCUT2D eigenvalue weighted by Gasteiger charge is 2.31. The Morgan fingerprint density at radius 1 is 1.69 bits per heavy atom. The molecule has 0 bridgehead atoms. The van der Waals surface area contributed by atoms with Crippen molar-refractivity contribution in [2.75, 3.05) is 25.1 Å². The maximum absolute atomic E-state index is 5.57. The zero-order valence-electron chi connectivity index (χ0n) is 9.90. The first-order valence-electron chi connectivity index (χ1n) is 5.61. The molecule has 2 heterocycles. The van der Waals surface area contributed by atoms with Crippen LogP contribution in [-0.4, -0.2) is 30.8 Å². The van der Waals surface area contributed by atoms with Crippen LogP contribution in [0.25, 0.3) is 0 Å². The van der Waals surface area contributed by atoms with Gasteiger partial charge in [0.25, 0.3) is 0 Å². The van der Waals surface area contributed by atoms with E-state index in [4.69, 9.17) is 10.5 Å². The predicted octanol–water partition coefficient (Wildman–Crippen LogP) is 1.61. The molecule has 1 aromatic rings. The molecule has 5 heteroatoms. The quantitative estimate of drug-likeness (QED) is 0.873. The number of nitrogens with zero attached hydrogens (tertiary/aromatic N) is 2. The van der Waals surface area contributed by atoms with Crippen LogP contribution in [-0.2, 0) is 11.3 Å². The van der Waals surface area contributed by atoms with Crippen LogP contribution in [0.1, 0.15) is 25.5 Å². The molecule has 16 heavy (non-hydrogen) atoms. The highest BCUT2D eigenvalue weighted by molar-refractivity contribution is 7.13. The molecule has 1 fully saturated rings. The number of aromatic nitrogens is 1. The van der Waals surface area contributed by atoms with Gasteiger partial charge in [-0.15, -0.1) is 11.3 Å². The van der Waals surface area contributed by atoms with Gasteiger partial charge >= 0.3 is 0 Å². The number of ether oxygens (including phenoxy) is 1. The molecule has 0 saturated carbocycles. The molecule has 0 radical (unpaired) electrons. The summed E-state index contributed by atoms with van der Waals surface area (Å²) in [6, 6.07) is 0. The summed E-state index contributed by atoms with van der Waals surface area (Å²) in [4.78, 5) is 6.82. The van der Waals surface area contributed by atoms with Crippen molar-refractivity contribution in [3.05, 3.63) is 11.1 Å². The van der Waals surface area contributed by atoms with Gasteiger partial charge in [0.2, 0.25) is 0 Å². The van der Waals surface area contributed by atoms with E-state index >= 15 is 0 Å². The monoisotopic (exact) mass is 241 g/mol. The number of hydrogen-bond donors (Lipinski definition) is 1.